The predicted molar refractivity (Wildman–Crippen MR) is 113 cm³/mol. The highest BCUT2D eigenvalue weighted by Gasteiger charge is 2.22. The van der Waals surface area contributed by atoms with Crippen molar-refractivity contribution in [3.63, 3.8) is 0 Å². The number of anilines is 1. The Morgan fingerprint density at radius 1 is 1.37 bits per heavy atom. The van der Waals surface area contributed by atoms with Crippen LogP contribution in [0.15, 0.2) is 36.7 Å². The van der Waals surface area contributed by atoms with Crippen LogP contribution in [0.3, 0.4) is 0 Å². The summed E-state index contributed by atoms with van der Waals surface area (Å²) in [5.74, 6) is 0.658. The molecular weight excluding hydrogens is 384 g/mol. The Balaban J connectivity index is 1.47. The smallest absolute Gasteiger partial charge is 0.244 e. The van der Waals surface area contributed by atoms with Gasteiger partial charge in [0, 0.05) is 32.3 Å². The SMILES string of the molecule is CCN(C[C@@H]1CCCO1)C(=O)Cn1cc(NC(=O)CCc2ccccc2OC)cn1. The minimum Gasteiger partial charge on any atom is -0.496 e. The molecule has 1 aromatic heterocycles. The molecule has 162 valence electrons. The zero-order valence-corrected chi connectivity index (χ0v) is 17.7. The Morgan fingerprint density at radius 2 is 2.20 bits per heavy atom. The minimum absolute atomic E-state index is 0.00912. The van der Waals surface area contributed by atoms with E-state index in [4.69, 9.17) is 9.47 Å². The number of methoxy groups -OCH3 is 1. The molecule has 0 radical (unpaired) electrons. The second-order valence-electron chi connectivity index (χ2n) is 7.35. The van der Waals surface area contributed by atoms with Crippen molar-refractivity contribution in [1.82, 2.24) is 14.7 Å². The number of rotatable bonds is 10. The van der Waals surface area contributed by atoms with Gasteiger partial charge in [-0.2, -0.15) is 5.10 Å². The summed E-state index contributed by atoms with van der Waals surface area (Å²) in [6.45, 7) is 4.12. The first kappa shape index (κ1) is 21.8. The molecule has 0 spiro atoms. The van der Waals surface area contributed by atoms with Crippen LogP contribution in [0.4, 0.5) is 5.69 Å². The van der Waals surface area contributed by atoms with E-state index in [-0.39, 0.29) is 24.5 Å². The Bertz CT molecular complexity index is 845. The van der Waals surface area contributed by atoms with Crippen LogP contribution < -0.4 is 10.1 Å². The lowest BCUT2D eigenvalue weighted by molar-refractivity contribution is -0.133. The molecule has 0 bridgehead atoms. The number of aromatic nitrogens is 2. The molecule has 30 heavy (non-hydrogen) atoms. The van der Waals surface area contributed by atoms with Crippen LogP contribution in [0.2, 0.25) is 0 Å². The van der Waals surface area contributed by atoms with E-state index in [0.717, 1.165) is 30.8 Å². The summed E-state index contributed by atoms with van der Waals surface area (Å²) in [7, 11) is 1.62. The Morgan fingerprint density at radius 3 is 2.93 bits per heavy atom. The van der Waals surface area contributed by atoms with Crippen LogP contribution in [-0.2, 0) is 27.3 Å². The van der Waals surface area contributed by atoms with Gasteiger partial charge in [-0.3, -0.25) is 14.3 Å². The predicted octanol–water partition coefficient (Wildman–Crippen LogP) is 2.49. The van der Waals surface area contributed by atoms with Crippen LogP contribution in [0, 0.1) is 0 Å². The lowest BCUT2D eigenvalue weighted by Crippen LogP contribution is -2.39. The standard InChI is InChI=1S/C22H30N4O4/c1-3-25(15-19-8-6-12-30-19)22(28)16-26-14-18(13-23-26)24-21(27)11-10-17-7-4-5-9-20(17)29-2/h4-5,7,9,13-14,19H,3,6,8,10-12,15-16H2,1-2H3,(H,24,27)/t19-/m0/s1. The third-order valence-corrected chi connectivity index (χ3v) is 5.21. The fourth-order valence-electron chi connectivity index (χ4n) is 3.58. The van der Waals surface area contributed by atoms with Crippen LogP contribution >= 0.6 is 0 Å². The molecule has 2 amide bonds. The number of hydrogen-bond donors (Lipinski definition) is 1. The van der Waals surface area contributed by atoms with Gasteiger partial charge in [0.15, 0.2) is 0 Å². The number of para-hydroxylation sites is 1. The third kappa shape index (κ3) is 6.06. The summed E-state index contributed by atoms with van der Waals surface area (Å²) in [4.78, 5) is 26.7. The summed E-state index contributed by atoms with van der Waals surface area (Å²) >= 11 is 0. The quantitative estimate of drug-likeness (QED) is 0.646. The highest BCUT2D eigenvalue weighted by molar-refractivity contribution is 5.90. The van der Waals surface area contributed by atoms with Crippen molar-refractivity contribution in [3.05, 3.63) is 42.2 Å². The third-order valence-electron chi connectivity index (χ3n) is 5.21. The second kappa shape index (κ2) is 10.8. The second-order valence-corrected chi connectivity index (χ2v) is 7.35. The Labute approximate surface area is 177 Å². The molecule has 1 aromatic carbocycles. The largest absolute Gasteiger partial charge is 0.496 e. The van der Waals surface area contributed by atoms with Gasteiger partial charge in [-0.15, -0.1) is 0 Å². The van der Waals surface area contributed by atoms with Crippen molar-refractivity contribution in [2.24, 2.45) is 0 Å². The summed E-state index contributed by atoms with van der Waals surface area (Å²) in [6.07, 6.45) is 6.33. The zero-order valence-electron chi connectivity index (χ0n) is 17.7. The molecule has 3 rings (SSSR count). The maximum atomic E-state index is 12.6. The van der Waals surface area contributed by atoms with Gasteiger partial charge in [0.05, 0.1) is 25.1 Å². The molecule has 1 aliphatic rings. The van der Waals surface area contributed by atoms with Gasteiger partial charge in [-0.25, -0.2) is 0 Å². The number of likely N-dealkylation sites (N-methyl/N-ethyl adjacent to an activating group) is 1. The van der Waals surface area contributed by atoms with Gasteiger partial charge in [0.1, 0.15) is 12.3 Å². The number of nitrogens with zero attached hydrogens (tertiary/aromatic N) is 3. The van der Waals surface area contributed by atoms with E-state index in [9.17, 15) is 9.59 Å². The normalized spacial score (nSPS) is 15.7. The van der Waals surface area contributed by atoms with E-state index < -0.39 is 0 Å². The van der Waals surface area contributed by atoms with Gasteiger partial charge in [-0.1, -0.05) is 18.2 Å². The monoisotopic (exact) mass is 414 g/mol. The van der Waals surface area contributed by atoms with Crippen LogP contribution in [0.25, 0.3) is 0 Å². The number of aryl methyl sites for hydroxylation is 1. The highest BCUT2D eigenvalue weighted by Crippen LogP contribution is 2.19. The number of carbonyl (C=O) groups excluding carboxylic acids is 2. The molecular formula is C22H30N4O4. The van der Waals surface area contributed by atoms with Gasteiger partial charge in [-0.05, 0) is 37.8 Å². The molecule has 0 saturated carbocycles. The van der Waals surface area contributed by atoms with E-state index in [2.05, 4.69) is 10.4 Å². The van der Waals surface area contributed by atoms with E-state index in [1.54, 1.807) is 29.1 Å². The Hall–Kier alpha value is -2.87. The van der Waals surface area contributed by atoms with E-state index in [1.807, 2.05) is 31.2 Å². The van der Waals surface area contributed by atoms with Crippen LogP contribution in [0.1, 0.15) is 31.7 Å². The van der Waals surface area contributed by atoms with Crippen LogP contribution in [0.5, 0.6) is 5.75 Å². The lowest BCUT2D eigenvalue weighted by Gasteiger charge is -2.23. The van der Waals surface area contributed by atoms with Gasteiger partial charge >= 0.3 is 0 Å². The number of ether oxygens (including phenoxy) is 2. The van der Waals surface area contributed by atoms with Crippen molar-refractivity contribution >= 4 is 17.5 Å². The first-order chi connectivity index (χ1) is 14.6. The Kier molecular flexibility index (Phi) is 7.84. The average Bonchev–Trinajstić information content (AvgIpc) is 3.42. The van der Waals surface area contributed by atoms with Gasteiger partial charge in [0.2, 0.25) is 11.8 Å². The average molecular weight is 415 g/mol. The van der Waals surface area contributed by atoms with E-state index in [0.29, 0.717) is 31.6 Å². The number of carbonyl (C=O) groups is 2. The van der Waals surface area contributed by atoms with E-state index >= 15 is 0 Å². The molecule has 1 atom stereocenters. The molecule has 8 nitrogen and oxygen atoms in total. The maximum absolute atomic E-state index is 12.6. The molecule has 1 fully saturated rings. The molecule has 0 aliphatic carbocycles. The van der Waals surface area contributed by atoms with Crippen LogP contribution in [-0.4, -0.2) is 59.4 Å². The summed E-state index contributed by atoms with van der Waals surface area (Å²) in [5, 5.41) is 7.04. The zero-order chi connectivity index (χ0) is 21.3. The number of hydrogen-bond acceptors (Lipinski definition) is 5. The van der Waals surface area contributed by atoms with Crippen molar-refractivity contribution in [1.29, 1.82) is 0 Å². The maximum Gasteiger partial charge on any atom is 0.244 e. The van der Waals surface area contributed by atoms with E-state index in [1.165, 1.54) is 0 Å². The van der Waals surface area contributed by atoms with Crippen molar-refractivity contribution in [2.75, 3.05) is 32.1 Å². The molecule has 1 aliphatic heterocycles. The van der Waals surface area contributed by atoms with Crippen molar-refractivity contribution in [2.45, 2.75) is 45.3 Å². The number of nitrogens with one attached hydrogen (secondary N) is 1. The first-order valence-corrected chi connectivity index (χ1v) is 10.4. The molecule has 1 saturated heterocycles. The highest BCUT2D eigenvalue weighted by atomic mass is 16.5. The molecule has 2 heterocycles. The summed E-state index contributed by atoms with van der Waals surface area (Å²) in [5.41, 5.74) is 1.57. The minimum atomic E-state index is -0.111. The molecule has 2 aromatic rings. The fourth-order valence-corrected chi connectivity index (χ4v) is 3.58. The number of benzene rings is 1. The molecule has 0 unspecified atom stereocenters. The topological polar surface area (TPSA) is 85.7 Å². The number of amides is 2. The lowest BCUT2D eigenvalue weighted by atomic mass is 10.1. The van der Waals surface area contributed by atoms with Gasteiger partial charge in [0.25, 0.3) is 0 Å². The fraction of sp³-hybridized carbons (Fsp3) is 0.500. The van der Waals surface area contributed by atoms with Gasteiger partial charge < -0.3 is 19.7 Å². The van der Waals surface area contributed by atoms with Crippen molar-refractivity contribution in [3.8, 4) is 5.75 Å². The first-order valence-electron chi connectivity index (χ1n) is 10.4. The summed E-state index contributed by atoms with van der Waals surface area (Å²) in [6, 6.07) is 7.66. The molecule has 8 heteroatoms. The van der Waals surface area contributed by atoms with Crippen molar-refractivity contribution < 1.29 is 19.1 Å². The molecule has 1 N–H and O–H groups in total. The summed E-state index contributed by atoms with van der Waals surface area (Å²) < 4.78 is 12.5.